The summed E-state index contributed by atoms with van der Waals surface area (Å²) in [6.07, 6.45) is -1.03. The van der Waals surface area contributed by atoms with Gasteiger partial charge >= 0.3 is 0 Å². The maximum Gasteiger partial charge on any atom is 0.231 e. The van der Waals surface area contributed by atoms with Crippen LogP contribution in [0, 0.1) is 0 Å². The second-order valence-electron chi connectivity index (χ2n) is 8.53. The van der Waals surface area contributed by atoms with E-state index in [0.29, 0.717) is 17.6 Å². The zero-order chi connectivity index (χ0) is 24.4. The molecule has 0 spiro atoms. The Bertz CT molecular complexity index is 1290. The van der Waals surface area contributed by atoms with Gasteiger partial charge < -0.3 is 23.9 Å². The van der Waals surface area contributed by atoms with Crippen LogP contribution in [0.4, 0.5) is 4.39 Å². The molecule has 4 aromatic rings. The van der Waals surface area contributed by atoms with Crippen molar-refractivity contribution >= 4 is 22.6 Å². The number of alkyl halides is 1. The van der Waals surface area contributed by atoms with Gasteiger partial charge in [0.2, 0.25) is 5.79 Å². The first-order chi connectivity index (χ1) is 17.0. The maximum atomic E-state index is 16.0. The van der Waals surface area contributed by atoms with Gasteiger partial charge in [-0.1, -0.05) is 72.3 Å². The summed E-state index contributed by atoms with van der Waals surface area (Å²) in [5.41, 5.74) is 2.79. The van der Waals surface area contributed by atoms with Crippen LogP contribution in [0.5, 0.6) is 0 Å². The number of rotatable bonds is 8. The molecule has 1 aliphatic rings. The Hall–Kier alpha value is -2.88. The number of aliphatic hydroxyl groups is 1. The molecule has 182 valence electrons. The molecule has 1 unspecified atom stereocenters. The van der Waals surface area contributed by atoms with Crippen LogP contribution in [0.25, 0.3) is 11.0 Å². The first-order valence-corrected chi connectivity index (χ1v) is 11.6. The maximum absolute atomic E-state index is 16.0. The third-order valence-electron chi connectivity index (χ3n) is 6.13. The fourth-order valence-electron chi connectivity index (χ4n) is 4.39. The Morgan fingerprint density at radius 3 is 2.40 bits per heavy atom. The molecule has 4 atom stereocenters. The number of benzene rings is 2. The monoisotopic (exact) mass is 497 g/mol. The molecule has 0 amide bonds. The molecule has 1 fully saturated rings. The largest absolute Gasteiger partial charge is 0.374 e. The standard InChI is InChI=1S/C26H25ClFN3O4/c1-31-12-19(21-22(31)25(27)30-16-29-21)26(32)24(28)23(34-14-18-10-6-3-7-11-18)20(35-26)15-33-13-17-8-4-2-5-9-17/h2-12,16,20,23-24,32H,13-15H2,1H3/t20-,23-,24-,26?/m1/s1. The summed E-state index contributed by atoms with van der Waals surface area (Å²) in [4.78, 5) is 8.22. The normalized spacial score (nSPS) is 24.3. The van der Waals surface area contributed by atoms with E-state index in [-0.39, 0.29) is 23.9 Å². The average molecular weight is 498 g/mol. The number of nitrogens with zero attached hydrogens (tertiary/aromatic N) is 3. The number of hydrogen-bond donors (Lipinski definition) is 1. The molecule has 0 radical (unpaired) electrons. The van der Waals surface area contributed by atoms with Gasteiger partial charge in [-0.05, 0) is 11.1 Å². The number of aromatic nitrogens is 3. The van der Waals surface area contributed by atoms with E-state index in [0.717, 1.165) is 11.1 Å². The van der Waals surface area contributed by atoms with E-state index in [1.807, 2.05) is 60.7 Å². The summed E-state index contributed by atoms with van der Waals surface area (Å²) in [7, 11) is 1.72. The van der Waals surface area contributed by atoms with E-state index in [4.69, 9.17) is 25.8 Å². The predicted molar refractivity (Wildman–Crippen MR) is 128 cm³/mol. The van der Waals surface area contributed by atoms with Crippen molar-refractivity contribution in [3.05, 3.63) is 95.0 Å². The molecule has 1 saturated heterocycles. The second kappa shape index (κ2) is 10.0. The molecule has 3 heterocycles. The molecule has 0 aliphatic carbocycles. The van der Waals surface area contributed by atoms with Gasteiger partial charge in [0, 0.05) is 13.2 Å². The molecule has 2 aromatic heterocycles. The summed E-state index contributed by atoms with van der Waals surface area (Å²) in [6.45, 7) is 0.500. The topological polar surface area (TPSA) is 78.6 Å². The molecule has 1 N–H and O–H groups in total. The molecule has 0 bridgehead atoms. The highest BCUT2D eigenvalue weighted by Gasteiger charge is 2.58. The van der Waals surface area contributed by atoms with Crippen LogP contribution >= 0.6 is 11.6 Å². The molecular formula is C26H25ClFN3O4. The Kier molecular flexibility index (Phi) is 6.82. The lowest BCUT2D eigenvalue weighted by molar-refractivity contribution is -0.228. The number of aryl methyl sites for hydroxylation is 1. The molecule has 0 saturated carbocycles. The molecule has 1 aliphatic heterocycles. The Balaban J connectivity index is 1.42. The minimum Gasteiger partial charge on any atom is -0.374 e. The van der Waals surface area contributed by atoms with Gasteiger partial charge in [-0.2, -0.15) is 0 Å². The zero-order valence-corrected chi connectivity index (χ0v) is 19.8. The van der Waals surface area contributed by atoms with Crippen LogP contribution in [0.15, 0.2) is 73.2 Å². The summed E-state index contributed by atoms with van der Waals surface area (Å²) in [5.74, 6) is -2.31. The number of fused-ring (bicyclic) bond motifs is 1. The van der Waals surface area contributed by atoms with Gasteiger partial charge in [0.05, 0.1) is 25.4 Å². The third-order valence-corrected chi connectivity index (χ3v) is 6.41. The van der Waals surface area contributed by atoms with Gasteiger partial charge in [-0.15, -0.1) is 0 Å². The Labute approximate surface area is 207 Å². The van der Waals surface area contributed by atoms with Gasteiger partial charge in [0.1, 0.15) is 29.6 Å². The fourth-order valence-corrected chi connectivity index (χ4v) is 4.66. The van der Waals surface area contributed by atoms with Crippen LogP contribution in [0.1, 0.15) is 16.7 Å². The van der Waals surface area contributed by atoms with Crippen molar-refractivity contribution in [2.24, 2.45) is 7.05 Å². The molecule has 2 aromatic carbocycles. The van der Waals surface area contributed by atoms with Crippen molar-refractivity contribution < 1.29 is 23.7 Å². The van der Waals surface area contributed by atoms with E-state index in [2.05, 4.69) is 9.97 Å². The van der Waals surface area contributed by atoms with Crippen LogP contribution in [-0.2, 0) is 40.3 Å². The summed E-state index contributed by atoms with van der Waals surface area (Å²) >= 11 is 6.23. The Morgan fingerprint density at radius 2 is 1.71 bits per heavy atom. The number of halogens is 2. The van der Waals surface area contributed by atoms with Gasteiger partial charge in [0.25, 0.3) is 0 Å². The molecule has 9 heteroatoms. The smallest absolute Gasteiger partial charge is 0.231 e. The summed E-state index contributed by atoms with van der Waals surface area (Å²) < 4.78 is 35.4. The van der Waals surface area contributed by atoms with E-state index in [9.17, 15) is 5.11 Å². The van der Waals surface area contributed by atoms with E-state index in [1.54, 1.807) is 17.8 Å². The van der Waals surface area contributed by atoms with Crippen molar-refractivity contribution in [1.82, 2.24) is 14.5 Å². The Morgan fingerprint density at radius 1 is 1.06 bits per heavy atom. The third kappa shape index (κ3) is 4.68. The minimum absolute atomic E-state index is 0.0254. The lowest BCUT2D eigenvalue weighted by Gasteiger charge is -2.24. The fraction of sp³-hybridized carbons (Fsp3) is 0.308. The number of ether oxygens (including phenoxy) is 3. The molecule has 5 rings (SSSR count). The first kappa shape index (κ1) is 23.8. The van der Waals surface area contributed by atoms with Crippen molar-refractivity contribution in [2.45, 2.75) is 37.4 Å². The SMILES string of the molecule is Cn1cc(C2(O)O[C@H](COCc3ccccc3)[C@@H](OCc3ccccc3)[C@H]2F)c2ncnc(Cl)c21. The van der Waals surface area contributed by atoms with Gasteiger partial charge in [-0.3, -0.25) is 0 Å². The van der Waals surface area contributed by atoms with Crippen molar-refractivity contribution in [3.8, 4) is 0 Å². The lowest BCUT2D eigenvalue weighted by atomic mass is 10.00. The van der Waals surface area contributed by atoms with Crippen LogP contribution in [-0.4, -0.2) is 44.6 Å². The van der Waals surface area contributed by atoms with Crippen molar-refractivity contribution in [3.63, 3.8) is 0 Å². The van der Waals surface area contributed by atoms with Crippen LogP contribution in [0.3, 0.4) is 0 Å². The molecule has 35 heavy (non-hydrogen) atoms. The molecule has 7 nitrogen and oxygen atoms in total. The van der Waals surface area contributed by atoms with Gasteiger partial charge in [0.15, 0.2) is 11.3 Å². The first-order valence-electron chi connectivity index (χ1n) is 11.2. The zero-order valence-electron chi connectivity index (χ0n) is 19.1. The summed E-state index contributed by atoms with van der Waals surface area (Å²) in [5, 5.41) is 11.7. The summed E-state index contributed by atoms with van der Waals surface area (Å²) in [6, 6.07) is 19.1. The van der Waals surface area contributed by atoms with E-state index < -0.39 is 24.2 Å². The van der Waals surface area contributed by atoms with Crippen LogP contribution < -0.4 is 0 Å². The van der Waals surface area contributed by atoms with Crippen molar-refractivity contribution in [1.29, 1.82) is 0 Å². The average Bonchev–Trinajstić information content (AvgIpc) is 3.34. The minimum atomic E-state index is -2.31. The lowest BCUT2D eigenvalue weighted by Crippen LogP contribution is -2.39. The number of hydrogen-bond acceptors (Lipinski definition) is 6. The highest BCUT2D eigenvalue weighted by molar-refractivity contribution is 6.33. The second-order valence-corrected chi connectivity index (χ2v) is 8.89. The predicted octanol–water partition coefficient (Wildman–Crippen LogP) is 4.31. The van der Waals surface area contributed by atoms with E-state index >= 15 is 4.39 Å². The quantitative estimate of drug-likeness (QED) is 0.366. The van der Waals surface area contributed by atoms with Crippen LogP contribution in [0.2, 0.25) is 5.15 Å². The molecular weight excluding hydrogens is 473 g/mol. The highest BCUT2D eigenvalue weighted by atomic mass is 35.5. The van der Waals surface area contributed by atoms with Crippen molar-refractivity contribution in [2.75, 3.05) is 6.61 Å². The van der Waals surface area contributed by atoms with E-state index in [1.165, 1.54) is 6.33 Å². The van der Waals surface area contributed by atoms with Gasteiger partial charge in [-0.25, -0.2) is 14.4 Å². The highest BCUT2D eigenvalue weighted by Crippen LogP contribution is 2.44.